The minimum atomic E-state index is 0.0646. The predicted molar refractivity (Wildman–Crippen MR) is 88.5 cm³/mol. The Bertz CT molecular complexity index is 784. The second-order valence-corrected chi connectivity index (χ2v) is 5.49. The van der Waals surface area contributed by atoms with Gasteiger partial charge in [0.25, 0.3) is 0 Å². The molecule has 1 aromatic carbocycles. The molecule has 22 heavy (non-hydrogen) atoms. The predicted octanol–water partition coefficient (Wildman–Crippen LogP) is 3.85. The van der Waals surface area contributed by atoms with Crippen LogP contribution in [0.5, 0.6) is 5.75 Å². The molecule has 0 aliphatic rings. The molecule has 0 bridgehead atoms. The van der Waals surface area contributed by atoms with E-state index in [0.717, 1.165) is 22.7 Å². The Morgan fingerprint density at radius 3 is 2.82 bits per heavy atom. The molecule has 0 aliphatic carbocycles. The first-order valence-electron chi connectivity index (χ1n) is 7.18. The van der Waals surface area contributed by atoms with Crippen molar-refractivity contribution in [3.8, 4) is 5.75 Å². The van der Waals surface area contributed by atoms with Crippen molar-refractivity contribution in [1.82, 2.24) is 14.7 Å². The van der Waals surface area contributed by atoms with Gasteiger partial charge in [-0.05, 0) is 25.1 Å². The molecular weight excluding hydrogens is 298 g/mol. The highest BCUT2D eigenvalue weighted by molar-refractivity contribution is 6.30. The summed E-state index contributed by atoms with van der Waals surface area (Å²) in [6.45, 7) is 2.78. The van der Waals surface area contributed by atoms with E-state index in [1.165, 1.54) is 0 Å². The molecule has 3 rings (SSSR count). The van der Waals surface area contributed by atoms with Gasteiger partial charge in [-0.3, -0.25) is 0 Å². The van der Waals surface area contributed by atoms with Gasteiger partial charge in [0.05, 0.1) is 12.8 Å². The molecule has 1 N–H and O–H groups in total. The topological polar surface area (TPSA) is 38.6 Å². The van der Waals surface area contributed by atoms with Gasteiger partial charge in [0.15, 0.2) is 5.15 Å². The number of nitrogens with one attached hydrogen (secondary N) is 1. The van der Waals surface area contributed by atoms with E-state index >= 15 is 0 Å². The third-order valence-corrected chi connectivity index (χ3v) is 4.00. The molecule has 0 saturated heterocycles. The van der Waals surface area contributed by atoms with Gasteiger partial charge in [-0.25, -0.2) is 4.98 Å². The molecule has 114 valence electrons. The molecule has 0 fully saturated rings. The SMILES string of the molecule is COc1ccccc1CN[C@@H](C)c1c(Cl)nc2ccccn12. The second kappa shape index (κ2) is 6.38. The van der Waals surface area contributed by atoms with E-state index in [9.17, 15) is 0 Å². The van der Waals surface area contributed by atoms with Crippen molar-refractivity contribution in [2.45, 2.75) is 19.5 Å². The van der Waals surface area contributed by atoms with Crippen LogP contribution in [-0.2, 0) is 6.54 Å². The number of para-hydroxylation sites is 1. The Hall–Kier alpha value is -2.04. The van der Waals surface area contributed by atoms with Gasteiger partial charge in [0.2, 0.25) is 0 Å². The number of ether oxygens (including phenoxy) is 1. The minimum Gasteiger partial charge on any atom is -0.496 e. The van der Waals surface area contributed by atoms with Gasteiger partial charge in [-0.15, -0.1) is 0 Å². The van der Waals surface area contributed by atoms with Crippen LogP contribution in [0.2, 0.25) is 5.15 Å². The Morgan fingerprint density at radius 1 is 1.23 bits per heavy atom. The zero-order valence-electron chi connectivity index (χ0n) is 12.6. The third-order valence-electron chi connectivity index (χ3n) is 3.72. The molecule has 0 aliphatic heterocycles. The van der Waals surface area contributed by atoms with Gasteiger partial charge in [0.1, 0.15) is 11.4 Å². The van der Waals surface area contributed by atoms with Crippen molar-refractivity contribution in [3.05, 3.63) is 65.1 Å². The van der Waals surface area contributed by atoms with Gasteiger partial charge >= 0.3 is 0 Å². The number of halogens is 1. The Morgan fingerprint density at radius 2 is 2.00 bits per heavy atom. The molecular formula is C17H18ClN3O. The average Bonchev–Trinajstić information content (AvgIpc) is 2.88. The molecule has 1 atom stereocenters. The molecule has 3 aromatic rings. The number of rotatable bonds is 5. The van der Waals surface area contributed by atoms with Crippen LogP contribution in [0, 0.1) is 0 Å². The van der Waals surface area contributed by atoms with Crippen LogP contribution < -0.4 is 10.1 Å². The smallest absolute Gasteiger partial charge is 0.152 e. The highest BCUT2D eigenvalue weighted by atomic mass is 35.5. The third kappa shape index (κ3) is 2.80. The highest BCUT2D eigenvalue weighted by Crippen LogP contribution is 2.25. The number of aromatic nitrogens is 2. The monoisotopic (exact) mass is 315 g/mol. The van der Waals surface area contributed by atoms with Crippen molar-refractivity contribution < 1.29 is 4.74 Å². The van der Waals surface area contributed by atoms with E-state index in [4.69, 9.17) is 16.3 Å². The number of hydrogen-bond acceptors (Lipinski definition) is 3. The first-order valence-corrected chi connectivity index (χ1v) is 7.56. The van der Waals surface area contributed by atoms with Crippen molar-refractivity contribution in [2.24, 2.45) is 0 Å². The van der Waals surface area contributed by atoms with E-state index in [2.05, 4.69) is 23.3 Å². The fourth-order valence-corrected chi connectivity index (χ4v) is 2.92. The summed E-state index contributed by atoms with van der Waals surface area (Å²) < 4.78 is 7.39. The van der Waals surface area contributed by atoms with Crippen molar-refractivity contribution >= 4 is 17.2 Å². The summed E-state index contributed by atoms with van der Waals surface area (Å²) in [5.74, 6) is 0.881. The van der Waals surface area contributed by atoms with E-state index in [-0.39, 0.29) is 6.04 Å². The van der Waals surface area contributed by atoms with Crippen LogP contribution in [0.4, 0.5) is 0 Å². The number of benzene rings is 1. The van der Waals surface area contributed by atoms with Crippen LogP contribution in [0.1, 0.15) is 24.2 Å². The fraction of sp³-hybridized carbons (Fsp3) is 0.235. The van der Waals surface area contributed by atoms with Crippen LogP contribution >= 0.6 is 11.6 Å². The summed E-state index contributed by atoms with van der Waals surface area (Å²) in [5.41, 5.74) is 2.93. The lowest BCUT2D eigenvalue weighted by atomic mass is 10.1. The van der Waals surface area contributed by atoms with E-state index in [0.29, 0.717) is 11.7 Å². The summed E-state index contributed by atoms with van der Waals surface area (Å²) >= 11 is 6.31. The number of hydrogen-bond donors (Lipinski definition) is 1. The Kier molecular flexibility index (Phi) is 4.32. The van der Waals surface area contributed by atoms with Gasteiger partial charge in [-0.1, -0.05) is 35.9 Å². The molecule has 0 spiro atoms. The molecule has 5 heteroatoms. The summed E-state index contributed by atoms with van der Waals surface area (Å²) in [6.07, 6.45) is 1.98. The fourth-order valence-electron chi connectivity index (χ4n) is 2.58. The first kappa shape index (κ1) is 14.9. The molecule has 2 heterocycles. The van der Waals surface area contributed by atoms with Crippen molar-refractivity contribution in [2.75, 3.05) is 7.11 Å². The van der Waals surface area contributed by atoms with Crippen LogP contribution in [-0.4, -0.2) is 16.5 Å². The van der Waals surface area contributed by atoms with E-state index in [1.54, 1.807) is 7.11 Å². The lowest BCUT2D eigenvalue weighted by Gasteiger charge is -2.15. The highest BCUT2D eigenvalue weighted by Gasteiger charge is 2.16. The molecule has 0 unspecified atom stereocenters. The lowest BCUT2D eigenvalue weighted by molar-refractivity contribution is 0.406. The number of nitrogens with zero attached hydrogens (tertiary/aromatic N) is 2. The maximum atomic E-state index is 6.31. The number of methoxy groups -OCH3 is 1. The standard InChI is InChI=1S/C17H18ClN3O/c1-12(19-11-13-7-3-4-8-14(13)22-2)16-17(18)20-15-9-5-6-10-21(15)16/h3-10,12,19H,11H2,1-2H3/t12-/m0/s1. The van der Waals surface area contributed by atoms with Crippen molar-refractivity contribution in [3.63, 3.8) is 0 Å². The average molecular weight is 316 g/mol. The normalized spacial score (nSPS) is 12.5. The number of pyridine rings is 1. The van der Waals surface area contributed by atoms with Gasteiger partial charge in [0, 0.05) is 24.3 Å². The maximum absolute atomic E-state index is 6.31. The number of imidazole rings is 1. The Balaban J connectivity index is 1.82. The summed E-state index contributed by atoms with van der Waals surface area (Å²) in [6, 6.07) is 13.9. The minimum absolute atomic E-state index is 0.0646. The van der Waals surface area contributed by atoms with E-state index < -0.39 is 0 Å². The van der Waals surface area contributed by atoms with Gasteiger partial charge in [-0.2, -0.15) is 0 Å². The van der Waals surface area contributed by atoms with Crippen LogP contribution in [0.3, 0.4) is 0 Å². The molecule has 0 amide bonds. The molecule has 2 aromatic heterocycles. The molecule has 4 nitrogen and oxygen atoms in total. The quantitative estimate of drug-likeness (QED) is 0.777. The maximum Gasteiger partial charge on any atom is 0.152 e. The zero-order valence-corrected chi connectivity index (χ0v) is 13.3. The Labute approximate surface area is 134 Å². The lowest BCUT2D eigenvalue weighted by Crippen LogP contribution is -2.20. The largest absolute Gasteiger partial charge is 0.496 e. The molecule has 0 radical (unpaired) electrons. The summed E-state index contributed by atoms with van der Waals surface area (Å²) in [5, 5.41) is 4.02. The zero-order chi connectivity index (χ0) is 15.5. The van der Waals surface area contributed by atoms with Crippen LogP contribution in [0.15, 0.2) is 48.7 Å². The molecule has 0 saturated carbocycles. The van der Waals surface area contributed by atoms with Crippen molar-refractivity contribution in [1.29, 1.82) is 0 Å². The number of fused-ring (bicyclic) bond motifs is 1. The second-order valence-electron chi connectivity index (χ2n) is 5.13. The van der Waals surface area contributed by atoms with Crippen LogP contribution in [0.25, 0.3) is 5.65 Å². The first-order chi connectivity index (χ1) is 10.7. The summed E-state index contributed by atoms with van der Waals surface area (Å²) in [7, 11) is 1.68. The van der Waals surface area contributed by atoms with E-state index in [1.807, 2.05) is 47.0 Å². The summed E-state index contributed by atoms with van der Waals surface area (Å²) in [4.78, 5) is 4.39. The van der Waals surface area contributed by atoms with Gasteiger partial charge < -0.3 is 14.5 Å².